The minimum atomic E-state index is -1.10. The van der Waals surface area contributed by atoms with Gasteiger partial charge in [0.05, 0.1) is 11.8 Å². The second-order valence-electron chi connectivity index (χ2n) is 4.14. The van der Waals surface area contributed by atoms with E-state index < -0.39 is 5.97 Å². The number of carbonyl (C=O) groups excluding carboxylic acids is 1. The summed E-state index contributed by atoms with van der Waals surface area (Å²) in [6, 6.07) is 2.96. The first-order valence-corrected chi connectivity index (χ1v) is 6.93. The Hall–Kier alpha value is -1.43. The standard InChI is InChI=1S/C12H15NO4S/c14-11(10-3-1-2-6-18-10)13-7-8-4-5-9(17-8)12(15)16/h4-5,10H,1-3,6-7H2,(H,13,14)(H,15,16). The molecule has 2 heterocycles. The molecule has 6 heteroatoms. The van der Waals surface area contributed by atoms with E-state index in [1.165, 1.54) is 12.5 Å². The third kappa shape index (κ3) is 3.29. The van der Waals surface area contributed by atoms with Crippen molar-refractivity contribution in [1.29, 1.82) is 0 Å². The first kappa shape index (κ1) is 13.0. The number of amides is 1. The van der Waals surface area contributed by atoms with Gasteiger partial charge in [-0.15, -0.1) is 11.8 Å². The summed E-state index contributed by atoms with van der Waals surface area (Å²) >= 11 is 1.68. The van der Waals surface area contributed by atoms with E-state index in [9.17, 15) is 9.59 Å². The zero-order valence-corrected chi connectivity index (χ0v) is 10.7. The van der Waals surface area contributed by atoms with E-state index in [1.54, 1.807) is 17.8 Å². The number of nitrogens with one attached hydrogen (secondary N) is 1. The van der Waals surface area contributed by atoms with Crippen LogP contribution in [0.25, 0.3) is 0 Å². The van der Waals surface area contributed by atoms with Crippen LogP contribution in [-0.4, -0.2) is 28.0 Å². The lowest BCUT2D eigenvalue weighted by Gasteiger charge is -2.20. The van der Waals surface area contributed by atoms with Gasteiger partial charge in [0.1, 0.15) is 5.76 Å². The SMILES string of the molecule is O=C(O)c1ccc(CNC(=O)C2CCCCS2)o1. The monoisotopic (exact) mass is 269 g/mol. The predicted molar refractivity (Wildman–Crippen MR) is 67.6 cm³/mol. The zero-order chi connectivity index (χ0) is 13.0. The molecule has 0 spiro atoms. The van der Waals surface area contributed by atoms with Crippen LogP contribution in [0.3, 0.4) is 0 Å². The van der Waals surface area contributed by atoms with Crippen molar-refractivity contribution < 1.29 is 19.1 Å². The molecular formula is C12H15NO4S. The molecule has 1 amide bonds. The molecule has 0 bridgehead atoms. The molecule has 0 radical (unpaired) electrons. The molecule has 18 heavy (non-hydrogen) atoms. The second kappa shape index (κ2) is 5.95. The minimum absolute atomic E-state index is 0.00738. The summed E-state index contributed by atoms with van der Waals surface area (Å²) < 4.78 is 5.06. The minimum Gasteiger partial charge on any atom is -0.475 e. The van der Waals surface area contributed by atoms with Gasteiger partial charge in [-0.1, -0.05) is 6.42 Å². The van der Waals surface area contributed by atoms with E-state index in [0.717, 1.165) is 18.6 Å². The summed E-state index contributed by atoms with van der Waals surface area (Å²) in [5.74, 6) is 0.290. The van der Waals surface area contributed by atoms with Crippen molar-refractivity contribution in [2.75, 3.05) is 5.75 Å². The summed E-state index contributed by atoms with van der Waals surface area (Å²) in [6.45, 7) is 0.239. The van der Waals surface area contributed by atoms with Crippen LogP contribution in [0.2, 0.25) is 0 Å². The maximum absolute atomic E-state index is 11.8. The van der Waals surface area contributed by atoms with Gasteiger partial charge in [-0.05, 0) is 30.7 Å². The predicted octanol–water partition coefficient (Wildman–Crippen LogP) is 1.88. The fourth-order valence-corrected chi connectivity index (χ4v) is 3.05. The van der Waals surface area contributed by atoms with Crippen LogP contribution in [0.15, 0.2) is 16.5 Å². The van der Waals surface area contributed by atoms with Gasteiger partial charge in [-0.3, -0.25) is 4.79 Å². The molecule has 1 aliphatic rings. The highest BCUT2D eigenvalue weighted by Gasteiger charge is 2.21. The molecule has 1 fully saturated rings. The number of rotatable bonds is 4. The van der Waals surface area contributed by atoms with Crippen molar-refractivity contribution in [3.63, 3.8) is 0 Å². The Morgan fingerprint density at radius 3 is 2.89 bits per heavy atom. The van der Waals surface area contributed by atoms with Crippen LogP contribution in [0.4, 0.5) is 0 Å². The number of carbonyl (C=O) groups is 2. The summed E-state index contributed by atoms with van der Waals surface area (Å²) in [5.41, 5.74) is 0. The molecule has 0 aromatic carbocycles. The number of furan rings is 1. The van der Waals surface area contributed by atoms with Gasteiger partial charge in [-0.25, -0.2) is 4.79 Å². The fraction of sp³-hybridized carbons (Fsp3) is 0.500. The zero-order valence-electron chi connectivity index (χ0n) is 9.85. The largest absolute Gasteiger partial charge is 0.475 e. The maximum Gasteiger partial charge on any atom is 0.371 e. The third-order valence-corrected chi connectivity index (χ3v) is 4.16. The Morgan fingerprint density at radius 2 is 2.28 bits per heavy atom. The summed E-state index contributed by atoms with van der Waals surface area (Å²) in [6.07, 6.45) is 3.18. The lowest BCUT2D eigenvalue weighted by Crippen LogP contribution is -2.33. The van der Waals surface area contributed by atoms with E-state index in [2.05, 4.69) is 5.32 Å². The van der Waals surface area contributed by atoms with Crippen LogP contribution < -0.4 is 5.32 Å². The lowest BCUT2D eigenvalue weighted by atomic mass is 10.2. The number of carboxylic acid groups (broad SMARTS) is 1. The number of hydrogen-bond donors (Lipinski definition) is 2. The molecule has 1 atom stereocenters. The normalized spacial score (nSPS) is 19.4. The van der Waals surface area contributed by atoms with Crippen molar-refractivity contribution in [2.45, 2.75) is 31.1 Å². The summed E-state index contributed by atoms with van der Waals surface area (Å²) in [4.78, 5) is 22.4. The molecule has 5 nitrogen and oxygen atoms in total. The van der Waals surface area contributed by atoms with Crippen molar-refractivity contribution in [3.8, 4) is 0 Å². The molecule has 1 aromatic rings. The van der Waals surface area contributed by atoms with E-state index in [-0.39, 0.29) is 23.5 Å². The van der Waals surface area contributed by atoms with E-state index in [1.807, 2.05) is 0 Å². The Bertz CT molecular complexity index is 437. The van der Waals surface area contributed by atoms with Crippen LogP contribution in [0.5, 0.6) is 0 Å². The molecular weight excluding hydrogens is 254 g/mol. The van der Waals surface area contributed by atoms with Crippen LogP contribution in [0, 0.1) is 0 Å². The van der Waals surface area contributed by atoms with Crippen molar-refractivity contribution >= 4 is 23.6 Å². The Labute approximate surface area is 109 Å². The molecule has 1 unspecified atom stereocenters. The van der Waals surface area contributed by atoms with E-state index >= 15 is 0 Å². The quantitative estimate of drug-likeness (QED) is 0.872. The highest BCUT2D eigenvalue weighted by molar-refractivity contribution is 8.00. The van der Waals surface area contributed by atoms with Gasteiger partial charge in [0.2, 0.25) is 11.7 Å². The highest BCUT2D eigenvalue weighted by atomic mass is 32.2. The number of hydrogen-bond acceptors (Lipinski definition) is 4. The molecule has 0 saturated carbocycles. The second-order valence-corrected chi connectivity index (χ2v) is 5.45. The van der Waals surface area contributed by atoms with E-state index in [4.69, 9.17) is 9.52 Å². The first-order valence-electron chi connectivity index (χ1n) is 5.88. The summed E-state index contributed by atoms with van der Waals surface area (Å²) in [5, 5.41) is 11.5. The summed E-state index contributed by atoms with van der Waals surface area (Å²) in [7, 11) is 0. The molecule has 1 aromatic heterocycles. The smallest absolute Gasteiger partial charge is 0.371 e. The maximum atomic E-state index is 11.8. The molecule has 1 aliphatic heterocycles. The number of aromatic carboxylic acids is 1. The average Bonchev–Trinajstić information content (AvgIpc) is 2.86. The van der Waals surface area contributed by atoms with Gasteiger partial charge in [0.25, 0.3) is 0 Å². The van der Waals surface area contributed by atoms with Crippen LogP contribution >= 0.6 is 11.8 Å². The molecule has 2 rings (SSSR count). The van der Waals surface area contributed by atoms with Gasteiger partial charge >= 0.3 is 5.97 Å². The fourth-order valence-electron chi connectivity index (χ4n) is 1.82. The van der Waals surface area contributed by atoms with Gasteiger partial charge in [0, 0.05) is 0 Å². The van der Waals surface area contributed by atoms with Crippen molar-refractivity contribution in [3.05, 3.63) is 23.7 Å². The molecule has 2 N–H and O–H groups in total. The van der Waals surface area contributed by atoms with Crippen LogP contribution in [0.1, 0.15) is 35.6 Å². The Kier molecular flexibility index (Phi) is 4.30. The average molecular weight is 269 g/mol. The first-order chi connectivity index (χ1) is 8.66. The topological polar surface area (TPSA) is 79.5 Å². The molecule has 98 valence electrons. The number of thioether (sulfide) groups is 1. The Balaban J connectivity index is 1.82. The molecule has 1 saturated heterocycles. The Morgan fingerprint density at radius 1 is 1.44 bits per heavy atom. The van der Waals surface area contributed by atoms with Gasteiger partial charge in [0.15, 0.2) is 0 Å². The van der Waals surface area contributed by atoms with E-state index in [0.29, 0.717) is 5.76 Å². The number of carboxylic acids is 1. The molecule has 0 aliphatic carbocycles. The van der Waals surface area contributed by atoms with Crippen molar-refractivity contribution in [1.82, 2.24) is 5.32 Å². The van der Waals surface area contributed by atoms with Gasteiger partial charge in [-0.2, -0.15) is 0 Å². The highest BCUT2D eigenvalue weighted by Crippen LogP contribution is 2.25. The van der Waals surface area contributed by atoms with Crippen molar-refractivity contribution in [2.24, 2.45) is 0 Å². The van der Waals surface area contributed by atoms with Gasteiger partial charge < -0.3 is 14.8 Å². The van der Waals surface area contributed by atoms with Crippen LogP contribution in [-0.2, 0) is 11.3 Å². The lowest BCUT2D eigenvalue weighted by molar-refractivity contribution is -0.121. The third-order valence-electron chi connectivity index (χ3n) is 2.78.